The number of hydrogen-bond acceptors (Lipinski definition) is 15. The van der Waals surface area contributed by atoms with Crippen LogP contribution in [0, 0.1) is 0 Å². The molecular formula is C56H40N8O9V. The molecule has 363 valence electrons. The van der Waals surface area contributed by atoms with Crippen LogP contribution >= 0.6 is 0 Å². The molecule has 2 aliphatic rings. The molecule has 0 unspecified atom stereocenters. The van der Waals surface area contributed by atoms with E-state index >= 15 is 0 Å². The van der Waals surface area contributed by atoms with E-state index in [0.717, 1.165) is 17.4 Å². The van der Waals surface area contributed by atoms with Gasteiger partial charge in [-0.05, 0) is 43.8 Å². The zero-order chi connectivity index (χ0) is 51.1. The molecule has 74 heavy (non-hydrogen) atoms. The Morgan fingerprint density at radius 1 is 0.351 bits per heavy atom. The normalized spacial score (nSPS) is 11.9. The second-order valence-electron chi connectivity index (χ2n) is 17.3. The molecule has 0 atom stereocenters. The number of hydrogen-bond donors (Lipinski definition) is 4. The van der Waals surface area contributed by atoms with Crippen LogP contribution in [-0.2, 0) is 47.5 Å². The molecule has 8 bridgehead atoms. The molecular weight excluding hydrogens is 980 g/mol. The van der Waals surface area contributed by atoms with Crippen molar-refractivity contribution < 1.29 is 60.4 Å². The third-order valence-electron chi connectivity index (χ3n) is 14.0. The first-order valence-corrected chi connectivity index (χ1v) is 23.8. The molecule has 0 radical (unpaired) electrons. The molecule has 0 fully saturated rings. The van der Waals surface area contributed by atoms with Crippen LogP contribution in [-0.4, -0.2) is 78.8 Å². The van der Waals surface area contributed by atoms with Gasteiger partial charge in [0, 0.05) is 76.8 Å². The van der Waals surface area contributed by atoms with E-state index in [-0.39, 0.29) is 45.9 Å². The van der Waals surface area contributed by atoms with E-state index in [4.69, 9.17) is 62.5 Å². The van der Waals surface area contributed by atoms with Gasteiger partial charge in [0.2, 0.25) is 0 Å². The Bertz CT molecular complexity index is 3850. The average molecular weight is 1020 g/mol. The fourth-order valence-electron chi connectivity index (χ4n) is 11.2. The van der Waals surface area contributed by atoms with Crippen LogP contribution in [0.3, 0.4) is 0 Å². The summed E-state index contributed by atoms with van der Waals surface area (Å²) in [5, 5.41) is 52.9. The Morgan fingerprint density at radius 2 is 0.608 bits per heavy atom. The number of benzene rings is 8. The summed E-state index contributed by atoms with van der Waals surface area (Å²) >= 11 is 1.06. The summed E-state index contributed by atoms with van der Waals surface area (Å²) in [6, 6.07) is 30.3. The van der Waals surface area contributed by atoms with Gasteiger partial charge in [-0.1, -0.05) is 97.1 Å². The van der Waals surface area contributed by atoms with Crippen molar-refractivity contribution in [2.24, 2.45) is 0 Å². The molecule has 17 nitrogen and oxygen atoms in total. The molecule has 0 spiro atoms. The van der Waals surface area contributed by atoms with Crippen molar-refractivity contribution in [1.29, 1.82) is 0 Å². The van der Waals surface area contributed by atoms with Crippen LogP contribution < -0.4 is 28.9 Å². The van der Waals surface area contributed by atoms with E-state index in [1.165, 1.54) is 0 Å². The first kappa shape index (κ1) is 46.6. The van der Waals surface area contributed by atoms with E-state index < -0.39 is 26.4 Å². The van der Waals surface area contributed by atoms with Crippen LogP contribution in [0.15, 0.2) is 97.1 Å². The van der Waals surface area contributed by atoms with Crippen molar-refractivity contribution in [1.82, 2.24) is 39.9 Å². The van der Waals surface area contributed by atoms with E-state index in [1.807, 2.05) is 97.1 Å². The summed E-state index contributed by atoms with van der Waals surface area (Å²) in [5.74, 6) is 2.27. The van der Waals surface area contributed by atoms with Gasteiger partial charge in [0.1, 0.15) is 23.0 Å². The van der Waals surface area contributed by atoms with Crippen LogP contribution in [0.4, 0.5) is 0 Å². The van der Waals surface area contributed by atoms with Crippen molar-refractivity contribution in [2.75, 3.05) is 28.4 Å². The molecule has 5 heterocycles. The van der Waals surface area contributed by atoms with Gasteiger partial charge >= 0.3 is 21.0 Å². The fourth-order valence-corrected chi connectivity index (χ4v) is 11.2. The summed E-state index contributed by atoms with van der Waals surface area (Å²) < 4.78 is 33.2. The minimum atomic E-state index is -0.410. The third kappa shape index (κ3) is 6.51. The molecule has 18 heteroatoms. The maximum absolute atomic E-state index is 11.4. The molecule has 2 aliphatic heterocycles. The van der Waals surface area contributed by atoms with Gasteiger partial charge in [0.15, 0.2) is 0 Å². The summed E-state index contributed by atoms with van der Waals surface area (Å²) in [5.41, 5.74) is 4.37. The fraction of sp³-hybridized carbons (Fsp3) is 0.143. The number of aliphatic hydroxyl groups excluding tert-OH is 4. The average Bonchev–Trinajstić information content (AvgIpc) is 4.19. The Hall–Kier alpha value is -8.42. The number of aliphatic hydroxyl groups is 4. The van der Waals surface area contributed by atoms with E-state index in [1.54, 1.807) is 28.4 Å². The van der Waals surface area contributed by atoms with Crippen molar-refractivity contribution in [3.05, 3.63) is 119 Å². The SMILES string of the molecule is COc1c2c(c(CO)c3ccccc13)-c1nc-2nc2[n-]c(nc3nc(nc4[n-]c(n1)c1c(CO)c5ccccc5c(OC)c41)-c1c-3c(OC)c3ccccc3c1CO)c1c(OC)c3ccccc3c(CO)c21.[O]=[V+2]. The first-order valence-electron chi connectivity index (χ1n) is 23.2. The third-order valence-corrected chi connectivity index (χ3v) is 14.0. The number of aromatic nitrogens is 8. The van der Waals surface area contributed by atoms with E-state index in [9.17, 15) is 20.4 Å². The van der Waals surface area contributed by atoms with E-state index in [2.05, 4.69) is 0 Å². The molecule has 13 rings (SSSR count). The summed E-state index contributed by atoms with van der Waals surface area (Å²) in [4.78, 5) is 41.9. The molecule has 0 saturated heterocycles. The summed E-state index contributed by atoms with van der Waals surface area (Å²) in [6.07, 6.45) is 0. The van der Waals surface area contributed by atoms with Crippen LogP contribution in [0.5, 0.6) is 23.0 Å². The predicted molar refractivity (Wildman–Crippen MR) is 275 cm³/mol. The van der Waals surface area contributed by atoms with Crippen molar-refractivity contribution in [2.45, 2.75) is 26.4 Å². The molecule has 0 aliphatic carbocycles. The minimum absolute atomic E-state index is 0.134. The van der Waals surface area contributed by atoms with Crippen molar-refractivity contribution in [3.8, 4) is 68.5 Å². The first-order chi connectivity index (χ1) is 36.4. The summed E-state index contributed by atoms with van der Waals surface area (Å²) in [7, 11) is 6.26. The summed E-state index contributed by atoms with van der Waals surface area (Å²) in [6.45, 7) is -1.63. The second-order valence-corrected chi connectivity index (χ2v) is 17.3. The van der Waals surface area contributed by atoms with Gasteiger partial charge in [-0.15, -0.1) is 0 Å². The molecule has 0 amide bonds. The number of methoxy groups -OCH3 is 4. The van der Waals surface area contributed by atoms with Crippen molar-refractivity contribution >= 4 is 87.2 Å². The number of fused-ring (bicyclic) bond motifs is 24. The molecule has 0 saturated carbocycles. The topological polar surface area (TPSA) is 240 Å². The zero-order valence-corrected chi connectivity index (χ0v) is 41.3. The number of nitrogens with zero attached hydrogens (tertiary/aromatic N) is 8. The van der Waals surface area contributed by atoms with Gasteiger partial charge in [-0.3, -0.25) is 0 Å². The van der Waals surface area contributed by atoms with Gasteiger partial charge < -0.3 is 69.3 Å². The van der Waals surface area contributed by atoms with Crippen LogP contribution in [0.2, 0.25) is 0 Å². The zero-order valence-electron chi connectivity index (χ0n) is 39.9. The Kier molecular flexibility index (Phi) is 11.5. The van der Waals surface area contributed by atoms with Crippen LogP contribution in [0.25, 0.3) is 133 Å². The molecule has 11 aromatic rings. The van der Waals surface area contributed by atoms with Gasteiger partial charge in [0.25, 0.3) is 0 Å². The van der Waals surface area contributed by atoms with E-state index in [0.29, 0.717) is 132 Å². The molecule has 3 aromatic heterocycles. The number of rotatable bonds is 8. The Labute approximate surface area is 428 Å². The maximum atomic E-state index is 11.4. The predicted octanol–water partition coefficient (Wildman–Crippen LogP) is 8.62. The Balaban J connectivity index is 0.00000275. The molecule has 8 aromatic carbocycles. The quantitative estimate of drug-likeness (QED) is 0.111. The van der Waals surface area contributed by atoms with Crippen molar-refractivity contribution in [3.63, 3.8) is 0 Å². The van der Waals surface area contributed by atoms with Gasteiger partial charge in [-0.25, -0.2) is 9.97 Å². The Morgan fingerprint density at radius 3 is 0.905 bits per heavy atom. The van der Waals surface area contributed by atoms with Gasteiger partial charge in [0.05, 0.1) is 89.3 Å². The second kappa shape index (κ2) is 18.3. The van der Waals surface area contributed by atoms with Crippen LogP contribution in [0.1, 0.15) is 22.3 Å². The monoisotopic (exact) mass is 1020 g/mol. The molecule has 4 N–H and O–H groups in total. The number of ether oxygens (including phenoxy) is 4. The standard InChI is InChI=1S/C56H40N8O8.O.V/c1-69-45-29-17-9-5-13-25(29)33(21-65)37-41(45)53-58-49(37)57-50-38-34(22-66)26-14-6-10-18-30(26)46(70-2)42(38)54(59-50)61-52-40-36(24-68)28-16-8-12-20-32(28)48(72-4)44(40)56(63-52)64-55-43-39(51(60-53)62-55)35(23-67)27-15-7-11-19-31(27)47(43)71-3;;/h5-20,65-68H,21-24H2,1-4H3;;/q-2;;+2. The van der Waals surface area contributed by atoms with Gasteiger partial charge in [-0.2, -0.15) is 0 Å².